The second-order valence-corrected chi connectivity index (χ2v) is 6.91. The summed E-state index contributed by atoms with van der Waals surface area (Å²) in [6.07, 6.45) is 2.84. The summed E-state index contributed by atoms with van der Waals surface area (Å²) in [7, 11) is 0. The molecule has 1 fully saturated rings. The minimum Gasteiger partial charge on any atom is -0.486 e. The van der Waals surface area contributed by atoms with Crippen molar-refractivity contribution in [3.63, 3.8) is 0 Å². The number of carbonyl (C=O) groups excluding carboxylic acids is 2. The predicted octanol–water partition coefficient (Wildman–Crippen LogP) is 2.74. The van der Waals surface area contributed by atoms with Gasteiger partial charge in [0.25, 0.3) is 11.8 Å². The number of benzene rings is 1. The van der Waals surface area contributed by atoms with E-state index >= 15 is 0 Å². The maximum absolute atomic E-state index is 12.6. The van der Waals surface area contributed by atoms with Gasteiger partial charge in [-0.1, -0.05) is 11.6 Å². The molecule has 142 valence electrons. The van der Waals surface area contributed by atoms with Crippen molar-refractivity contribution in [2.75, 3.05) is 26.3 Å². The number of hydrogen-bond donors (Lipinski definition) is 1. The minimum atomic E-state index is -0.218. The molecule has 2 aliphatic heterocycles. The molecule has 0 radical (unpaired) electrons. The lowest BCUT2D eigenvalue weighted by molar-refractivity contribution is 0.0667. The maximum atomic E-state index is 12.6. The summed E-state index contributed by atoms with van der Waals surface area (Å²) in [5.74, 6) is 0.957. The molecule has 0 unspecified atom stereocenters. The zero-order valence-corrected chi connectivity index (χ0v) is 15.3. The smallest absolute Gasteiger partial charge is 0.289 e. The molecule has 2 aliphatic rings. The van der Waals surface area contributed by atoms with Gasteiger partial charge in [0.1, 0.15) is 13.2 Å². The topological polar surface area (TPSA) is 81.0 Å². The standard InChI is InChI=1S/C19H19ClN2O5/c20-14-10-12(11-16-17(14)27-9-8-26-16)18(23)21-13-3-5-22(6-4-13)19(24)15-2-1-7-25-15/h1-2,7,10-11,13H,3-6,8-9H2,(H,21,23). The van der Waals surface area contributed by atoms with Crippen LogP contribution in [0.5, 0.6) is 11.5 Å². The van der Waals surface area contributed by atoms with E-state index in [9.17, 15) is 9.59 Å². The van der Waals surface area contributed by atoms with E-state index in [2.05, 4.69) is 5.32 Å². The number of hydrogen-bond acceptors (Lipinski definition) is 5. The van der Waals surface area contributed by atoms with Crippen LogP contribution < -0.4 is 14.8 Å². The number of nitrogens with one attached hydrogen (secondary N) is 1. The highest BCUT2D eigenvalue weighted by Gasteiger charge is 2.27. The molecular formula is C19H19ClN2O5. The lowest BCUT2D eigenvalue weighted by Crippen LogP contribution is -2.46. The molecule has 0 spiro atoms. The van der Waals surface area contributed by atoms with Gasteiger partial charge in [-0.15, -0.1) is 0 Å². The summed E-state index contributed by atoms with van der Waals surface area (Å²) in [4.78, 5) is 26.6. The van der Waals surface area contributed by atoms with Gasteiger partial charge in [-0.2, -0.15) is 0 Å². The van der Waals surface area contributed by atoms with Crippen molar-refractivity contribution in [2.24, 2.45) is 0 Å². The lowest BCUT2D eigenvalue weighted by Gasteiger charge is -2.32. The van der Waals surface area contributed by atoms with Crippen molar-refractivity contribution in [3.8, 4) is 11.5 Å². The van der Waals surface area contributed by atoms with E-state index < -0.39 is 0 Å². The van der Waals surface area contributed by atoms with Crippen LogP contribution in [0.25, 0.3) is 0 Å². The van der Waals surface area contributed by atoms with Crippen LogP contribution in [0.2, 0.25) is 5.02 Å². The Morgan fingerprint density at radius 2 is 1.93 bits per heavy atom. The SMILES string of the molecule is O=C(NC1CCN(C(=O)c2ccco2)CC1)c1cc(Cl)c2c(c1)OCCO2. The quantitative estimate of drug-likeness (QED) is 0.871. The molecule has 1 aromatic carbocycles. The second kappa shape index (κ2) is 7.52. The summed E-state index contributed by atoms with van der Waals surface area (Å²) in [5, 5.41) is 3.37. The fraction of sp³-hybridized carbons (Fsp3) is 0.368. The average molecular weight is 391 g/mol. The summed E-state index contributed by atoms with van der Waals surface area (Å²) in [6, 6.07) is 6.57. The maximum Gasteiger partial charge on any atom is 0.289 e. The molecule has 2 amide bonds. The first-order valence-corrected chi connectivity index (χ1v) is 9.22. The van der Waals surface area contributed by atoms with Crippen LogP contribution in [0.15, 0.2) is 34.9 Å². The van der Waals surface area contributed by atoms with Gasteiger partial charge in [0.05, 0.1) is 11.3 Å². The first-order valence-electron chi connectivity index (χ1n) is 8.84. The molecule has 3 heterocycles. The van der Waals surface area contributed by atoms with Crippen LogP contribution >= 0.6 is 11.6 Å². The fourth-order valence-electron chi connectivity index (χ4n) is 3.29. The van der Waals surface area contributed by atoms with Crippen molar-refractivity contribution in [3.05, 3.63) is 46.9 Å². The number of amides is 2. The number of nitrogens with zero attached hydrogens (tertiary/aromatic N) is 1. The summed E-state index contributed by atoms with van der Waals surface area (Å²) < 4.78 is 16.1. The molecule has 0 aliphatic carbocycles. The first kappa shape index (κ1) is 17.7. The second-order valence-electron chi connectivity index (χ2n) is 6.50. The van der Waals surface area contributed by atoms with Gasteiger partial charge >= 0.3 is 0 Å². The van der Waals surface area contributed by atoms with E-state index in [0.29, 0.717) is 67.0 Å². The Hall–Kier alpha value is -2.67. The molecule has 4 rings (SSSR count). The normalized spacial score (nSPS) is 16.9. The third kappa shape index (κ3) is 3.73. The summed E-state index contributed by atoms with van der Waals surface area (Å²) in [5.41, 5.74) is 0.429. The van der Waals surface area contributed by atoms with Crippen molar-refractivity contribution < 1.29 is 23.5 Å². The van der Waals surface area contributed by atoms with Crippen molar-refractivity contribution >= 4 is 23.4 Å². The molecule has 0 saturated carbocycles. The average Bonchev–Trinajstić information content (AvgIpc) is 3.23. The molecule has 1 saturated heterocycles. The van der Waals surface area contributed by atoms with Crippen LogP contribution in [0.3, 0.4) is 0 Å². The molecule has 2 aromatic rings. The van der Waals surface area contributed by atoms with Crippen LogP contribution in [-0.4, -0.2) is 49.1 Å². The molecule has 0 bridgehead atoms. The van der Waals surface area contributed by atoms with Crippen LogP contribution in [0.4, 0.5) is 0 Å². The minimum absolute atomic E-state index is 0.00914. The zero-order valence-electron chi connectivity index (χ0n) is 14.6. The van der Waals surface area contributed by atoms with E-state index in [4.69, 9.17) is 25.5 Å². The number of rotatable bonds is 3. The van der Waals surface area contributed by atoms with Gasteiger partial charge in [0.15, 0.2) is 17.3 Å². The van der Waals surface area contributed by atoms with Crippen molar-refractivity contribution in [2.45, 2.75) is 18.9 Å². The van der Waals surface area contributed by atoms with Gasteiger partial charge in [-0.3, -0.25) is 9.59 Å². The van der Waals surface area contributed by atoms with Gasteiger partial charge in [-0.05, 0) is 37.1 Å². The fourth-order valence-corrected chi connectivity index (χ4v) is 3.56. The largest absolute Gasteiger partial charge is 0.486 e. The van der Waals surface area contributed by atoms with Crippen LogP contribution in [0.1, 0.15) is 33.8 Å². The first-order chi connectivity index (χ1) is 13.1. The van der Waals surface area contributed by atoms with E-state index in [1.165, 1.54) is 6.26 Å². The number of fused-ring (bicyclic) bond motifs is 1. The Kier molecular flexibility index (Phi) is 4.94. The number of halogens is 1. The Labute approximate surface area is 161 Å². The molecular weight excluding hydrogens is 372 g/mol. The number of ether oxygens (including phenoxy) is 2. The van der Waals surface area contributed by atoms with Crippen LogP contribution in [0, 0.1) is 0 Å². The Morgan fingerprint density at radius 3 is 2.67 bits per heavy atom. The highest BCUT2D eigenvalue weighted by molar-refractivity contribution is 6.32. The van der Waals surface area contributed by atoms with E-state index in [0.717, 1.165) is 0 Å². The van der Waals surface area contributed by atoms with E-state index in [-0.39, 0.29) is 17.9 Å². The number of carbonyl (C=O) groups is 2. The lowest BCUT2D eigenvalue weighted by atomic mass is 10.0. The van der Waals surface area contributed by atoms with Crippen molar-refractivity contribution in [1.29, 1.82) is 0 Å². The summed E-state index contributed by atoms with van der Waals surface area (Å²) in [6.45, 7) is 1.99. The number of likely N-dealkylation sites (tertiary alicyclic amines) is 1. The third-order valence-corrected chi connectivity index (χ3v) is 4.99. The highest BCUT2D eigenvalue weighted by atomic mass is 35.5. The van der Waals surface area contributed by atoms with Gasteiger partial charge in [0.2, 0.25) is 0 Å². The number of furan rings is 1. The number of piperidine rings is 1. The Bertz CT molecular complexity index is 844. The highest BCUT2D eigenvalue weighted by Crippen LogP contribution is 2.38. The molecule has 7 nitrogen and oxygen atoms in total. The van der Waals surface area contributed by atoms with Crippen LogP contribution in [-0.2, 0) is 0 Å². The van der Waals surface area contributed by atoms with E-state index in [1.807, 2.05) is 0 Å². The van der Waals surface area contributed by atoms with E-state index in [1.54, 1.807) is 29.2 Å². The van der Waals surface area contributed by atoms with Gasteiger partial charge < -0.3 is 24.1 Å². The molecule has 0 atom stereocenters. The van der Waals surface area contributed by atoms with Gasteiger partial charge in [0, 0.05) is 24.7 Å². The monoisotopic (exact) mass is 390 g/mol. The third-order valence-electron chi connectivity index (χ3n) is 4.71. The van der Waals surface area contributed by atoms with Gasteiger partial charge in [-0.25, -0.2) is 0 Å². The Balaban J connectivity index is 1.36. The molecule has 1 aromatic heterocycles. The molecule has 27 heavy (non-hydrogen) atoms. The molecule has 1 N–H and O–H groups in total. The zero-order chi connectivity index (χ0) is 18.8. The van der Waals surface area contributed by atoms with Crippen molar-refractivity contribution in [1.82, 2.24) is 10.2 Å². The summed E-state index contributed by atoms with van der Waals surface area (Å²) >= 11 is 6.20. The Morgan fingerprint density at radius 1 is 1.15 bits per heavy atom. The molecule has 8 heteroatoms. The predicted molar refractivity (Wildman–Crippen MR) is 97.5 cm³/mol.